The van der Waals surface area contributed by atoms with Crippen molar-refractivity contribution < 1.29 is 9.59 Å². The van der Waals surface area contributed by atoms with E-state index in [-0.39, 0.29) is 11.6 Å². The summed E-state index contributed by atoms with van der Waals surface area (Å²) in [5, 5.41) is 2.09. The number of nitrogens with one attached hydrogen (secondary N) is 1. The molecule has 1 aliphatic carbocycles. The molecule has 0 fully saturated rings. The monoisotopic (exact) mass is 311 g/mol. The van der Waals surface area contributed by atoms with E-state index in [2.05, 4.69) is 4.98 Å². The summed E-state index contributed by atoms with van der Waals surface area (Å²) in [6.07, 6.45) is 0. The van der Waals surface area contributed by atoms with Gasteiger partial charge >= 0.3 is 0 Å². The Morgan fingerprint density at radius 1 is 0.792 bits per heavy atom. The minimum Gasteiger partial charge on any atom is -0.354 e. The number of H-pyrrole nitrogens is 1. The number of fused-ring (bicyclic) bond motifs is 6. The van der Waals surface area contributed by atoms with Gasteiger partial charge in [0.25, 0.3) is 0 Å². The van der Waals surface area contributed by atoms with Gasteiger partial charge in [0, 0.05) is 33.0 Å². The molecular weight excluding hydrogens is 298 g/mol. The smallest absolute Gasteiger partial charge is 0.196 e. The van der Waals surface area contributed by atoms with Crippen LogP contribution in [0.4, 0.5) is 0 Å². The summed E-state index contributed by atoms with van der Waals surface area (Å²) in [5.41, 5.74) is 4.71. The van der Waals surface area contributed by atoms with Gasteiger partial charge in [-0.05, 0) is 24.6 Å². The number of rotatable bonds is 0. The minimum atomic E-state index is -0.0863. The molecule has 0 saturated carbocycles. The van der Waals surface area contributed by atoms with E-state index in [1.165, 1.54) is 0 Å². The SMILES string of the molecule is Cc1cc2c(c3[nH]c4ccccc4c13)C(=O)c1ccccc1C2=O. The van der Waals surface area contributed by atoms with E-state index in [1.54, 1.807) is 24.3 Å². The largest absolute Gasteiger partial charge is 0.354 e. The van der Waals surface area contributed by atoms with Crippen molar-refractivity contribution in [3.05, 3.63) is 82.4 Å². The number of para-hydroxylation sites is 1. The normalized spacial score (nSPS) is 13.4. The molecule has 1 heterocycles. The van der Waals surface area contributed by atoms with Gasteiger partial charge < -0.3 is 4.98 Å². The van der Waals surface area contributed by atoms with Gasteiger partial charge in [0.05, 0.1) is 11.1 Å². The van der Waals surface area contributed by atoms with Gasteiger partial charge in [-0.15, -0.1) is 0 Å². The summed E-state index contributed by atoms with van der Waals surface area (Å²) in [6.45, 7) is 1.99. The van der Waals surface area contributed by atoms with Crippen LogP contribution < -0.4 is 0 Å². The fourth-order valence-corrected chi connectivity index (χ4v) is 3.81. The van der Waals surface area contributed by atoms with Crippen molar-refractivity contribution in [3.63, 3.8) is 0 Å². The number of carbonyl (C=O) groups excluding carboxylic acids is 2. The molecule has 1 N–H and O–H groups in total. The Kier molecular flexibility index (Phi) is 2.44. The Bertz CT molecular complexity index is 1200. The fourth-order valence-electron chi connectivity index (χ4n) is 3.81. The predicted molar refractivity (Wildman–Crippen MR) is 93.8 cm³/mol. The zero-order valence-corrected chi connectivity index (χ0v) is 13.0. The van der Waals surface area contributed by atoms with E-state index in [0.717, 1.165) is 27.4 Å². The first-order valence-electron chi connectivity index (χ1n) is 7.89. The molecule has 0 amide bonds. The molecule has 24 heavy (non-hydrogen) atoms. The Morgan fingerprint density at radius 2 is 1.46 bits per heavy atom. The summed E-state index contributed by atoms with van der Waals surface area (Å²) in [5.74, 6) is -0.166. The van der Waals surface area contributed by atoms with E-state index in [1.807, 2.05) is 37.3 Å². The highest BCUT2D eigenvalue weighted by Gasteiger charge is 2.32. The average Bonchev–Trinajstić information content (AvgIpc) is 2.99. The molecule has 114 valence electrons. The molecule has 0 saturated heterocycles. The summed E-state index contributed by atoms with van der Waals surface area (Å²) < 4.78 is 0. The number of hydrogen-bond acceptors (Lipinski definition) is 2. The average molecular weight is 311 g/mol. The standard InChI is InChI=1S/C21H13NO2/c1-11-10-15-18(19-17(11)14-8-4-5-9-16(14)22-19)21(24)13-7-3-2-6-12(13)20(15)23/h2-10,22H,1H3. The first-order chi connectivity index (χ1) is 11.7. The lowest BCUT2D eigenvalue weighted by Crippen LogP contribution is -2.21. The van der Waals surface area contributed by atoms with E-state index < -0.39 is 0 Å². The Morgan fingerprint density at radius 3 is 2.25 bits per heavy atom. The number of carbonyl (C=O) groups is 2. The molecule has 3 nitrogen and oxygen atoms in total. The van der Waals surface area contributed by atoms with Crippen molar-refractivity contribution in [2.24, 2.45) is 0 Å². The van der Waals surface area contributed by atoms with Gasteiger partial charge in [0.1, 0.15) is 0 Å². The molecule has 0 unspecified atom stereocenters. The molecule has 4 aromatic rings. The molecule has 0 radical (unpaired) electrons. The zero-order valence-electron chi connectivity index (χ0n) is 13.0. The Labute approximate surface area is 137 Å². The minimum absolute atomic E-state index is 0.0798. The maximum absolute atomic E-state index is 13.1. The van der Waals surface area contributed by atoms with Crippen LogP contribution in [0.2, 0.25) is 0 Å². The Balaban J connectivity index is 1.98. The van der Waals surface area contributed by atoms with Crippen LogP contribution in [0.5, 0.6) is 0 Å². The third-order valence-electron chi connectivity index (χ3n) is 4.87. The summed E-state index contributed by atoms with van der Waals surface area (Å²) in [4.78, 5) is 29.3. The highest BCUT2D eigenvalue weighted by molar-refractivity contribution is 6.33. The maximum Gasteiger partial charge on any atom is 0.196 e. The van der Waals surface area contributed by atoms with Crippen LogP contribution in [0.1, 0.15) is 37.4 Å². The van der Waals surface area contributed by atoms with Crippen LogP contribution in [0.3, 0.4) is 0 Å². The first-order valence-corrected chi connectivity index (χ1v) is 7.89. The molecule has 1 aliphatic rings. The van der Waals surface area contributed by atoms with Crippen molar-refractivity contribution in [1.29, 1.82) is 0 Å². The van der Waals surface area contributed by atoms with Gasteiger partial charge in [-0.1, -0.05) is 42.5 Å². The topological polar surface area (TPSA) is 49.9 Å². The first kappa shape index (κ1) is 13.3. The van der Waals surface area contributed by atoms with Crippen LogP contribution in [0.15, 0.2) is 54.6 Å². The van der Waals surface area contributed by atoms with Crippen molar-refractivity contribution in [3.8, 4) is 0 Å². The number of hydrogen-bond donors (Lipinski definition) is 1. The van der Waals surface area contributed by atoms with Crippen molar-refractivity contribution in [1.82, 2.24) is 4.98 Å². The lowest BCUT2D eigenvalue weighted by atomic mass is 9.82. The molecule has 0 atom stereocenters. The molecule has 3 aromatic carbocycles. The Hall–Kier alpha value is -3.20. The fraction of sp³-hybridized carbons (Fsp3) is 0.0476. The van der Waals surface area contributed by atoms with Gasteiger partial charge in [0.2, 0.25) is 0 Å². The quantitative estimate of drug-likeness (QED) is 0.460. The molecular formula is C21H13NO2. The second kappa shape index (κ2) is 4.42. The summed E-state index contributed by atoms with van der Waals surface area (Å²) in [7, 11) is 0. The van der Waals surface area contributed by atoms with Crippen molar-refractivity contribution in [2.45, 2.75) is 6.92 Å². The maximum atomic E-state index is 13.1. The van der Waals surface area contributed by atoms with Crippen LogP contribution in [0, 0.1) is 6.92 Å². The van der Waals surface area contributed by atoms with Crippen LogP contribution >= 0.6 is 0 Å². The highest BCUT2D eigenvalue weighted by Crippen LogP contribution is 2.37. The second-order valence-electron chi connectivity index (χ2n) is 6.24. The van der Waals surface area contributed by atoms with Crippen LogP contribution in [-0.2, 0) is 0 Å². The van der Waals surface area contributed by atoms with Crippen LogP contribution in [-0.4, -0.2) is 16.6 Å². The number of aromatic amines is 1. The zero-order chi connectivity index (χ0) is 16.4. The van der Waals surface area contributed by atoms with Crippen molar-refractivity contribution in [2.75, 3.05) is 0 Å². The molecule has 5 rings (SSSR count). The number of benzene rings is 3. The summed E-state index contributed by atoms with van der Waals surface area (Å²) in [6, 6.07) is 16.9. The van der Waals surface area contributed by atoms with Crippen molar-refractivity contribution >= 4 is 33.4 Å². The number of aryl methyl sites for hydroxylation is 1. The van der Waals surface area contributed by atoms with E-state index in [4.69, 9.17) is 0 Å². The van der Waals surface area contributed by atoms with Gasteiger partial charge in [-0.2, -0.15) is 0 Å². The van der Waals surface area contributed by atoms with Gasteiger partial charge in [0.15, 0.2) is 11.6 Å². The number of ketones is 2. The van der Waals surface area contributed by atoms with E-state index in [0.29, 0.717) is 22.3 Å². The predicted octanol–water partition coefficient (Wildman–Crippen LogP) is 4.40. The van der Waals surface area contributed by atoms with Gasteiger partial charge in [-0.3, -0.25) is 9.59 Å². The van der Waals surface area contributed by atoms with Crippen LogP contribution in [0.25, 0.3) is 21.8 Å². The third-order valence-corrected chi connectivity index (χ3v) is 4.87. The van der Waals surface area contributed by atoms with E-state index >= 15 is 0 Å². The van der Waals surface area contributed by atoms with Gasteiger partial charge in [-0.25, -0.2) is 0 Å². The lowest BCUT2D eigenvalue weighted by molar-refractivity contribution is 0.0980. The lowest BCUT2D eigenvalue weighted by Gasteiger charge is -2.18. The highest BCUT2D eigenvalue weighted by atomic mass is 16.1. The molecule has 0 bridgehead atoms. The molecule has 0 spiro atoms. The van der Waals surface area contributed by atoms with E-state index in [9.17, 15) is 9.59 Å². The number of aromatic nitrogens is 1. The third kappa shape index (κ3) is 1.51. The second-order valence-corrected chi connectivity index (χ2v) is 6.24. The molecule has 0 aliphatic heterocycles. The summed E-state index contributed by atoms with van der Waals surface area (Å²) >= 11 is 0. The molecule has 1 aromatic heterocycles. The molecule has 3 heteroatoms.